The molecule has 1 aliphatic rings. The summed E-state index contributed by atoms with van der Waals surface area (Å²) in [5.41, 5.74) is 5.47. The van der Waals surface area contributed by atoms with Crippen LogP contribution in [0.2, 0.25) is 0 Å². The van der Waals surface area contributed by atoms with Gasteiger partial charge in [0, 0.05) is 31.1 Å². The third-order valence-electron chi connectivity index (χ3n) is 6.34. The van der Waals surface area contributed by atoms with E-state index in [0.717, 1.165) is 41.3 Å². The van der Waals surface area contributed by atoms with Crippen molar-refractivity contribution in [2.24, 2.45) is 0 Å². The molecule has 1 saturated heterocycles. The SMILES string of the molecule is Cc1ccc(OCCCn2c(C3CC(=O)N(c4ccc(C)cc4)C3)nc3ccccc32)cc1. The number of aromatic nitrogens is 2. The van der Waals surface area contributed by atoms with E-state index in [1.165, 1.54) is 11.1 Å². The van der Waals surface area contributed by atoms with Crippen LogP contribution in [0.3, 0.4) is 0 Å². The molecule has 33 heavy (non-hydrogen) atoms. The van der Waals surface area contributed by atoms with Gasteiger partial charge in [0.05, 0.1) is 17.6 Å². The van der Waals surface area contributed by atoms with Crippen LogP contribution in [0.15, 0.2) is 72.8 Å². The van der Waals surface area contributed by atoms with Gasteiger partial charge in [-0.05, 0) is 56.7 Å². The van der Waals surface area contributed by atoms with Crippen LogP contribution in [0.5, 0.6) is 5.75 Å². The minimum absolute atomic E-state index is 0.0734. The molecule has 1 aromatic heterocycles. The number of carbonyl (C=O) groups excluding carboxylic acids is 1. The van der Waals surface area contributed by atoms with E-state index in [1.807, 2.05) is 47.4 Å². The number of hydrogen-bond acceptors (Lipinski definition) is 3. The number of rotatable bonds is 7. The predicted octanol–water partition coefficient (Wildman–Crippen LogP) is 5.64. The average molecular weight is 440 g/mol. The summed E-state index contributed by atoms with van der Waals surface area (Å²) in [5.74, 6) is 2.12. The van der Waals surface area contributed by atoms with Crippen LogP contribution in [0.4, 0.5) is 5.69 Å². The number of amides is 1. The van der Waals surface area contributed by atoms with E-state index in [2.05, 4.69) is 48.7 Å². The molecule has 1 unspecified atom stereocenters. The lowest BCUT2D eigenvalue weighted by atomic mass is 10.1. The second kappa shape index (κ2) is 9.10. The number of fused-ring (bicyclic) bond motifs is 1. The topological polar surface area (TPSA) is 47.4 Å². The van der Waals surface area contributed by atoms with Gasteiger partial charge in [-0.2, -0.15) is 0 Å². The molecule has 0 aliphatic carbocycles. The molecule has 1 fully saturated rings. The fourth-order valence-electron chi connectivity index (χ4n) is 4.54. The van der Waals surface area contributed by atoms with Crippen molar-refractivity contribution in [1.82, 2.24) is 9.55 Å². The van der Waals surface area contributed by atoms with Crippen LogP contribution >= 0.6 is 0 Å². The fourth-order valence-corrected chi connectivity index (χ4v) is 4.54. The maximum Gasteiger partial charge on any atom is 0.227 e. The first kappa shape index (κ1) is 21.3. The van der Waals surface area contributed by atoms with E-state index in [9.17, 15) is 4.79 Å². The number of nitrogens with zero attached hydrogens (tertiary/aromatic N) is 3. The second-order valence-electron chi connectivity index (χ2n) is 8.87. The molecule has 2 heterocycles. The van der Waals surface area contributed by atoms with Crippen LogP contribution in [0.1, 0.15) is 35.7 Å². The third-order valence-corrected chi connectivity index (χ3v) is 6.34. The molecule has 5 nitrogen and oxygen atoms in total. The smallest absolute Gasteiger partial charge is 0.227 e. The van der Waals surface area contributed by atoms with E-state index >= 15 is 0 Å². The summed E-state index contributed by atoms with van der Waals surface area (Å²) < 4.78 is 8.22. The van der Waals surface area contributed by atoms with Crippen LogP contribution in [-0.4, -0.2) is 28.6 Å². The first-order valence-corrected chi connectivity index (χ1v) is 11.6. The van der Waals surface area contributed by atoms with Gasteiger partial charge in [0.1, 0.15) is 11.6 Å². The van der Waals surface area contributed by atoms with E-state index in [0.29, 0.717) is 19.6 Å². The van der Waals surface area contributed by atoms with E-state index in [4.69, 9.17) is 9.72 Å². The Morgan fingerprint density at radius 1 is 0.939 bits per heavy atom. The Hall–Kier alpha value is -3.60. The normalized spacial score (nSPS) is 16.0. The van der Waals surface area contributed by atoms with Crippen molar-refractivity contribution in [2.45, 2.75) is 39.2 Å². The largest absolute Gasteiger partial charge is 0.494 e. The highest BCUT2D eigenvalue weighted by Crippen LogP contribution is 2.33. The number of carbonyl (C=O) groups is 1. The Labute approximate surface area is 194 Å². The van der Waals surface area contributed by atoms with E-state index in [-0.39, 0.29) is 11.8 Å². The third kappa shape index (κ3) is 4.49. The Morgan fingerprint density at radius 2 is 1.64 bits per heavy atom. The number of imidazole rings is 1. The van der Waals surface area contributed by atoms with Crippen molar-refractivity contribution < 1.29 is 9.53 Å². The van der Waals surface area contributed by atoms with Gasteiger partial charge in [-0.1, -0.05) is 47.5 Å². The molecule has 4 aromatic rings. The molecule has 3 aromatic carbocycles. The zero-order valence-electron chi connectivity index (χ0n) is 19.2. The lowest BCUT2D eigenvalue weighted by Crippen LogP contribution is -2.24. The lowest BCUT2D eigenvalue weighted by Gasteiger charge is -2.18. The number of ether oxygens (including phenoxy) is 1. The molecule has 5 heteroatoms. The van der Waals surface area contributed by atoms with Gasteiger partial charge in [0.2, 0.25) is 5.91 Å². The number of para-hydroxylation sites is 2. The van der Waals surface area contributed by atoms with E-state index < -0.39 is 0 Å². The highest BCUT2D eigenvalue weighted by atomic mass is 16.5. The molecule has 5 rings (SSSR count). The van der Waals surface area contributed by atoms with Crippen molar-refractivity contribution in [2.75, 3.05) is 18.1 Å². The summed E-state index contributed by atoms with van der Waals surface area (Å²) in [7, 11) is 0. The molecule has 1 atom stereocenters. The van der Waals surface area contributed by atoms with Crippen molar-refractivity contribution in [1.29, 1.82) is 0 Å². The number of aryl methyl sites for hydroxylation is 3. The fraction of sp³-hybridized carbons (Fsp3) is 0.286. The summed E-state index contributed by atoms with van der Waals surface area (Å²) >= 11 is 0. The predicted molar refractivity (Wildman–Crippen MR) is 132 cm³/mol. The zero-order valence-corrected chi connectivity index (χ0v) is 19.2. The molecule has 0 N–H and O–H groups in total. The molecule has 0 saturated carbocycles. The Morgan fingerprint density at radius 3 is 2.39 bits per heavy atom. The van der Waals surface area contributed by atoms with Crippen LogP contribution < -0.4 is 9.64 Å². The van der Waals surface area contributed by atoms with Gasteiger partial charge in [-0.25, -0.2) is 4.98 Å². The highest BCUT2D eigenvalue weighted by Gasteiger charge is 2.34. The van der Waals surface area contributed by atoms with Crippen molar-refractivity contribution in [3.05, 3.63) is 89.7 Å². The minimum Gasteiger partial charge on any atom is -0.494 e. The minimum atomic E-state index is 0.0734. The zero-order chi connectivity index (χ0) is 22.8. The molecule has 1 aliphatic heterocycles. The van der Waals surface area contributed by atoms with Gasteiger partial charge in [0.15, 0.2) is 0 Å². The monoisotopic (exact) mass is 439 g/mol. The molecule has 1 amide bonds. The molecule has 0 spiro atoms. The van der Waals surface area contributed by atoms with Crippen LogP contribution in [0, 0.1) is 13.8 Å². The number of hydrogen-bond donors (Lipinski definition) is 0. The van der Waals surface area contributed by atoms with Gasteiger partial charge in [0.25, 0.3) is 0 Å². The first-order valence-electron chi connectivity index (χ1n) is 11.6. The summed E-state index contributed by atoms with van der Waals surface area (Å²) in [6, 6.07) is 24.5. The standard InChI is InChI=1S/C28H29N3O2/c1-20-8-12-23(13-9-20)31-19-22(18-27(31)32)28-29-25-6-3-4-7-26(25)30(28)16-5-17-33-24-14-10-21(2)11-15-24/h3-4,6-15,22H,5,16-19H2,1-2H3. The molecular formula is C28H29N3O2. The average Bonchev–Trinajstić information content (AvgIpc) is 3.39. The molecule has 0 bridgehead atoms. The van der Waals surface area contributed by atoms with Crippen LogP contribution in [-0.2, 0) is 11.3 Å². The van der Waals surface area contributed by atoms with Gasteiger partial charge < -0.3 is 14.2 Å². The Balaban J connectivity index is 1.34. The van der Waals surface area contributed by atoms with Gasteiger partial charge in [-0.15, -0.1) is 0 Å². The van der Waals surface area contributed by atoms with Crippen molar-refractivity contribution in [3.8, 4) is 5.75 Å². The second-order valence-corrected chi connectivity index (χ2v) is 8.87. The number of benzene rings is 3. The molecule has 168 valence electrons. The molecular weight excluding hydrogens is 410 g/mol. The molecule has 0 radical (unpaired) electrons. The van der Waals surface area contributed by atoms with Gasteiger partial charge >= 0.3 is 0 Å². The lowest BCUT2D eigenvalue weighted by molar-refractivity contribution is -0.117. The summed E-state index contributed by atoms with van der Waals surface area (Å²) in [5, 5.41) is 0. The maximum absolute atomic E-state index is 12.9. The van der Waals surface area contributed by atoms with Crippen molar-refractivity contribution >= 4 is 22.6 Å². The summed E-state index contributed by atoms with van der Waals surface area (Å²) in [4.78, 5) is 19.7. The van der Waals surface area contributed by atoms with Crippen LogP contribution in [0.25, 0.3) is 11.0 Å². The number of anilines is 1. The Bertz CT molecular complexity index is 1260. The highest BCUT2D eigenvalue weighted by molar-refractivity contribution is 5.96. The summed E-state index contributed by atoms with van der Waals surface area (Å²) in [6.45, 7) is 6.22. The quantitative estimate of drug-likeness (QED) is 0.350. The van der Waals surface area contributed by atoms with Crippen molar-refractivity contribution in [3.63, 3.8) is 0 Å². The van der Waals surface area contributed by atoms with Gasteiger partial charge in [-0.3, -0.25) is 4.79 Å². The van der Waals surface area contributed by atoms with E-state index in [1.54, 1.807) is 0 Å². The Kier molecular flexibility index (Phi) is 5.86. The first-order chi connectivity index (χ1) is 16.1. The maximum atomic E-state index is 12.9. The summed E-state index contributed by atoms with van der Waals surface area (Å²) in [6.07, 6.45) is 1.35.